The summed E-state index contributed by atoms with van der Waals surface area (Å²) in [6.07, 6.45) is 0. The van der Waals surface area contributed by atoms with Gasteiger partial charge in [-0.2, -0.15) is 0 Å². The topological polar surface area (TPSA) is 58.6 Å². The fourth-order valence-corrected chi connectivity index (χ4v) is 3.42. The number of nitrogens with one attached hydrogen (secondary N) is 1. The summed E-state index contributed by atoms with van der Waals surface area (Å²) in [5.74, 6) is 0.125. The van der Waals surface area contributed by atoms with Gasteiger partial charge in [0.05, 0.1) is 0 Å². The normalized spacial score (nSPS) is 12.3. The molecule has 168 valence electrons. The first-order valence-electron chi connectivity index (χ1n) is 10.1. The van der Waals surface area contributed by atoms with E-state index in [4.69, 9.17) is 16.3 Å². The Labute approximate surface area is 198 Å². The van der Waals surface area contributed by atoms with Crippen molar-refractivity contribution >= 4 is 39.3 Å². The molecule has 0 aliphatic heterocycles. The van der Waals surface area contributed by atoms with Gasteiger partial charge in [-0.1, -0.05) is 39.7 Å². The van der Waals surface area contributed by atoms with E-state index < -0.39 is 11.6 Å². The van der Waals surface area contributed by atoms with E-state index in [1.807, 2.05) is 58.9 Å². The summed E-state index contributed by atoms with van der Waals surface area (Å²) in [4.78, 5) is 27.4. The van der Waals surface area contributed by atoms with Crippen LogP contribution in [0.3, 0.4) is 0 Å². The number of carbonyl (C=O) groups is 2. The van der Waals surface area contributed by atoms with Crippen molar-refractivity contribution in [3.8, 4) is 5.75 Å². The van der Waals surface area contributed by atoms with Crippen LogP contribution in [-0.2, 0) is 16.1 Å². The van der Waals surface area contributed by atoms with E-state index in [1.165, 1.54) is 4.90 Å². The molecular formula is C24H30BrClN2O3. The van der Waals surface area contributed by atoms with E-state index in [9.17, 15) is 9.59 Å². The minimum atomic E-state index is -0.667. The highest BCUT2D eigenvalue weighted by Gasteiger charge is 2.28. The first-order chi connectivity index (χ1) is 14.4. The largest absolute Gasteiger partial charge is 0.484 e. The molecule has 0 aliphatic rings. The summed E-state index contributed by atoms with van der Waals surface area (Å²) in [5, 5.41) is 3.56. The van der Waals surface area contributed by atoms with Gasteiger partial charge in [-0.05, 0) is 82.5 Å². The number of hydrogen-bond acceptors (Lipinski definition) is 3. The Hall–Kier alpha value is -2.05. The standard InChI is InChI=1S/C24H30BrClN2O3/c1-15-11-20(12-16(2)22(15)25)31-14-21(29)28(13-18-7-9-19(26)10-8-18)17(3)23(30)27-24(4,5)6/h7-12,17H,13-14H2,1-6H3,(H,27,30)/t17-/m0/s1. The smallest absolute Gasteiger partial charge is 0.261 e. The van der Waals surface area contributed by atoms with Crippen molar-refractivity contribution < 1.29 is 14.3 Å². The average Bonchev–Trinajstić information content (AvgIpc) is 2.67. The molecule has 0 bridgehead atoms. The van der Waals surface area contributed by atoms with Crippen molar-refractivity contribution in [2.24, 2.45) is 0 Å². The number of carbonyl (C=O) groups excluding carboxylic acids is 2. The van der Waals surface area contributed by atoms with Gasteiger partial charge in [0.25, 0.3) is 5.91 Å². The molecule has 5 nitrogen and oxygen atoms in total. The Morgan fingerprint density at radius 1 is 1.13 bits per heavy atom. The summed E-state index contributed by atoms with van der Waals surface area (Å²) in [7, 11) is 0. The Morgan fingerprint density at radius 2 is 1.68 bits per heavy atom. The van der Waals surface area contributed by atoms with Gasteiger partial charge in [0.2, 0.25) is 5.91 Å². The van der Waals surface area contributed by atoms with E-state index >= 15 is 0 Å². The van der Waals surface area contributed by atoms with Gasteiger partial charge < -0.3 is 15.0 Å². The molecule has 0 radical (unpaired) electrons. The first kappa shape index (κ1) is 25.2. The lowest BCUT2D eigenvalue weighted by Crippen LogP contribution is -2.53. The molecule has 0 saturated heterocycles. The van der Waals surface area contributed by atoms with E-state index in [2.05, 4.69) is 21.2 Å². The van der Waals surface area contributed by atoms with E-state index in [1.54, 1.807) is 19.1 Å². The molecule has 31 heavy (non-hydrogen) atoms. The van der Waals surface area contributed by atoms with Gasteiger partial charge in [0.15, 0.2) is 6.61 Å². The predicted octanol–water partition coefficient (Wildman–Crippen LogP) is 5.43. The van der Waals surface area contributed by atoms with Crippen LogP contribution >= 0.6 is 27.5 Å². The molecule has 2 aromatic rings. The molecule has 0 spiro atoms. The van der Waals surface area contributed by atoms with Gasteiger partial charge in [-0.25, -0.2) is 0 Å². The van der Waals surface area contributed by atoms with Crippen LogP contribution < -0.4 is 10.1 Å². The predicted molar refractivity (Wildman–Crippen MR) is 128 cm³/mol. The van der Waals surface area contributed by atoms with Crippen LogP contribution in [0.1, 0.15) is 44.4 Å². The zero-order valence-corrected chi connectivity index (χ0v) is 21.2. The van der Waals surface area contributed by atoms with Crippen molar-refractivity contribution in [3.05, 3.63) is 62.6 Å². The summed E-state index contributed by atoms with van der Waals surface area (Å²) >= 11 is 9.52. The van der Waals surface area contributed by atoms with Crippen LogP contribution in [0.5, 0.6) is 5.75 Å². The van der Waals surface area contributed by atoms with Gasteiger partial charge in [0.1, 0.15) is 11.8 Å². The summed E-state index contributed by atoms with van der Waals surface area (Å²) in [6, 6.07) is 10.3. The maximum Gasteiger partial charge on any atom is 0.261 e. The highest BCUT2D eigenvalue weighted by atomic mass is 79.9. The summed E-state index contributed by atoms with van der Waals surface area (Å²) in [5.41, 5.74) is 2.53. The third-order valence-corrected chi connectivity index (χ3v) is 6.21. The summed E-state index contributed by atoms with van der Waals surface area (Å²) < 4.78 is 6.80. The van der Waals surface area contributed by atoms with Crippen LogP contribution in [0.4, 0.5) is 0 Å². The zero-order chi connectivity index (χ0) is 23.3. The van der Waals surface area contributed by atoms with Gasteiger partial charge in [0, 0.05) is 21.6 Å². The Morgan fingerprint density at radius 3 is 2.19 bits per heavy atom. The summed E-state index contributed by atoms with van der Waals surface area (Å²) in [6.45, 7) is 11.5. The second-order valence-corrected chi connectivity index (χ2v) is 9.95. The minimum absolute atomic E-state index is 0.165. The van der Waals surface area contributed by atoms with Crippen molar-refractivity contribution in [2.45, 2.75) is 59.7 Å². The number of ether oxygens (including phenoxy) is 1. The van der Waals surface area contributed by atoms with E-state index in [0.29, 0.717) is 10.8 Å². The van der Waals surface area contributed by atoms with Crippen molar-refractivity contribution in [2.75, 3.05) is 6.61 Å². The van der Waals surface area contributed by atoms with Crippen molar-refractivity contribution in [3.63, 3.8) is 0 Å². The molecule has 0 fully saturated rings. The number of rotatable bonds is 7. The molecule has 7 heteroatoms. The molecule has 1 atom stereocenters. The maximum absolute atomic E-state index is 13.1. The fourth-order valence-electron chi connectivity index (χ4n) is 3.06. The molecule has 0 saturated carbocycles. The van der Waals surface area contributed by atoms with Crippen LogP contribution in [0.25, 0.3) is 0 Å². The number of amides is 2. The number of hydrogen-bond donors (Lipinski definition) is 1. The molecule has 0 aromatic heterocycles. The Bertz CT molecular complexity index is 916. The lowest BCUT2D eigenvalue weighted by atomic mass is 10.1. The molecule has 0 aliphatic carbocycles. The molecule has 0 unspecified atom stereocenters. The van der Waals surface area contributed by atoms with Crippen LogP contribution in [0, 0.1) is 13.8 Å². The van der Waals surface area contributed by atoms with Crippen molar-refractivity contribution in [1.82, 2.24) is 10.2 Å². The SMILES string of the molecule is Cc1cc(OCC(=O)N(Cc2ccc(Cl)cc2)[C@@H](C)C(=O)NC(C)(C)C)cc(C)c1Br. The lowest BCUT2D eigenvalue weighted by molar-refractivity contribution is -0.142. The van der Waals surface area contributed by atoms with Gasteiger partial charge in [-0.3, -0.25) is 9.59 Å². The molecular weight excluding hydrogens is 480 g/mol. The second kappa shape index (κ2) is 10.5. The Balaban J connectivity index is 2.20. The van der Waals surface area contributed by atoms with Crippen molar-refractivity contribution in [1.29, 1.82) is 0 Å². The van der Waals surface area contributed by atoms with Gasteiger partial charge >= 0.3 is 0 Å². The lowest BCUT2D eigenvalue weighted by Gasteiger charge is -2.31. The van der Waals surface area contributed by atoms with E-state index in [-0.39, 0.29) is 25.0 Å². The molecule has 2 aromatic carbocycles. The molecule has 1 N–H and O–H groups in total. The number of nitrogens with zero attached hydrogens (tertiary/aromatic N) is 1. The molecule has 2 amide bonds. The maximum atomic E-state index is 13.1. The van der Waals surface area contributed by atoms with E-state index in [0.717, 1.165) is 21.2 Å². The van der Waals surface area contributed by atoms with Gasteiger partial charge in [-0.15, -0.1) is 0 Å². The number of aryl methyl sites for hydroxylation is 2. The quantitative estimate of drug-likeness (QED) is 0.541. The average molecular weight is 510 g/mol. The molecule has 2 rings (SSSR count). The minimum Gasteiger partial charge on any atom is -0.484 e. The van der Waals surface area contributed by atoms with Crippen LogP contribution in [0.2, 0.25) is 5.02 Å². The number of benzene rings is 2. The third kappa shape index (κ3) is 7.54. The first-order valence-corrected chi connectivity index (χ1v) is 11.3. The zero-order valence-electron chi connectivity index (χ0n) is 18.9. The third-order valence-electron chi connectivity index (χ3n) is 4.70. The fraction of sp³-hybridized carbons (Fsp3) is 0.417. The second-order valence-electron chi connectivity index (χ2n) is 8.72. The van der Waals surface area contributed by atoms with Crippen LogP contribution in [0.15, 0.2) is 40.9 Å². The Kier molecular flexibility index (Phi) is 8.55. The monoisotopic (exact) mass is 508 g/mol. The highest BCUT2D eigenvalue weighted by Crippen LogP contribution is 2.26. The molecule has 0 heterocycles. The van der Waals surface area contributed by atoms with Crippen LogP contribution in [-0.4, -0.2) is 34.9 Å². The highest BCUT2D eigenvalue weighted by molar-refractivity contribution is 9.10. The number of halogens is 2.